The summed E-state index contributed by atoms with van der Waals surface area (Å²) < 4.78 is 4.66. The molecule has 47 heavy (non-hydrogen) atoms. The van der Waals surface area contributed by atoms with Gasteiger partial charge in [-0.1, -0.05) is 121 Å². The number of fused-ring (bicyclic) bond motifs is 13. The predicted octanol–water partition coefficient (Wildman–Crippen LogP) is 11.5. The lowest BCUT2D eigenvalue weighted by Gasteiger charge is -2.12. The van der Waals surface area contributed by atoms with Crippen LogP contribution in [0, 0.1) is 0 Å². The number of hydrogen-bond donors (Lipinski definition) is 0. The summed E-state index contributed by atoms with van der Waals surface area (Å²) in [6.07, 6.45) is 0.952. The fraction of sp³-hybridized carbons (Fsp3) is 0.0233. The summed E-state index contributed by atoms with van der Waals surface area (Å²) in [6, 6.07) is 50.5. The first kappa shape index (κ1) is 25.4. The second-order valence-electron chi connectivity index (χ2n) is 12.5. The summed E-state index contributed by atoms with van der Waals surface area (Å²) in [5.74, 6) is 0.700. The molecule has 1 aliphatic carbocycles. The van der Waals surface area contributed by atoms with E-state index in [1.165, 1.54) is 64.7 Å². The van der Waals surface area contributed by atoms with Crippen LogP contribution in [-0.4, -0.2) is 14.5 Å². The van der Waals surface area contributed by atoms with E-state index in [0.29, 0.717) is 5.95 Å². The van der Waals surface area contributed by atoms with Gasteiger partial charge in [0.25, 0.3) is 0 Å². The Balaban J connectivity index is 1.33. The Morgan fingerprint density at radius 2 is 1.19 bits per heavy atom. The monoisotopic (exact) mass is 615 g/mol. The maximum absolute atomic E-state index is 5.54. The van der Waals surface area contributed by atoms with Gasteiger partial charge < -0.3 is 0 Å². The van der Waals surface area contributed by atoms with Gasteiger partial charge in [0.15, 0.2) is 0 Å². The lowest BCUT2D eigenvalue weighted by Crippen LogP contribution is -2.03. The van der Waals surface area contributed by atoms with Crippen LogP contribution >= 0.6 is 11.3 Å². The van der Waals surface area contributed by atoms with Gasteiger partial charge in [0, 0.05) is 26.4 Å². The number of aromatic nitrogens is 3. The van der Waals surface area contributed by atoms with Crippen molar-refractivity contribution in [3.8, 4) is 28.3 Å². The summed E-state index contributed by atoms with van der Waals surface area (Å²) in [5, 5.41) is 8.60. The second-order valence-corrected chi connectivity index (χ2v) is 13.6. The summed E-state index contributed by atoms with van der Waals surface area (Å²) in [5.41, 5.74) is 10.8. The smallest absolute Gasteiger partial charge is 0.235 e. The van der Waals surface area contributed by atoms with Gasteiger partial charge in [-0.05, 0) is 68.4 Å². The Morgan fingerprint density at radius 1 is 0.511 bits per heavy atom. The van der Waals surface area contributed by atoms with Gasteiger partial charge in [-0.25, -0.2) is 9.97 Å². The van der Waals surface area contributed by atoms with Gasteiger partial charge in [0.2, 0.25) is 5.95 Å². The molecule has 3 nitrogen and oxygen atoms in total. The van der Waals surface area contributed by atoms with Crippen molar-refractivity contribution in [2.75, 3.05) is 0 Å². The zero-order valence-electron chi connectivity index (χ0n) is 25.2. The number of nitrogens with zero attached hydrogens (tertiary/aromatic N) is 3. The highest BCUT2D eigenvalue weighted by molar-refractivity contribution is 7.26. The average Bonchev–Trinajstić information content (AvgIpc) is 3.80. The Kier molecular flexibility index (Phi) is 5.05. The fourth-order valence-corrected chi connectivity index (χ4v) is 9.15. The van der Waals surface area contributed by atoms with Gasteiger partial charge in [0.05, 0.1) is 26.9 Å². The van der Waals surface area contributed by atoms with Crippen molar-refractivity contribution >= 4 is 75.0 Å². The minimum atomic E-state index is 0.700. The highest BCUT2D eigenvalue weighted by atomic mass is 32.1. The highest BCUT2D eigenvalue weighted by Gasteiger charge is 2.27. The first-order valence-electron chi connectivity index (χ1n) is 16.1. The molecule has 0 aliphatic heterocycles. The molecule has 0 amide bonds. The fourth-order valence-electron chi connectivity index (χ4n) is 8.00. The lowest BCUT2D eigenvalue weighted by molar-refractivity contribution is 1.02. The summed E-state index contributed by atoms with van der Waals surface area (Å²) in [7, 11) is 0. The molecule has 0 spiro atoms. The number of rotatable bonds is 2. The van der Waals surface area contributed by atoms with Crippen LogP contribution in [-0.2, 0) is 6.42 Å². The first-order valence-corrected chi connectivity index (χ1v) is 16.9. The molecule has 10 aromatic rings. The molecule has 218 valence electrons. The van der Waals surface area contributed by atoms with Crippen molar-refractivity contribution in [3.63, 3.8) is 0 Å². The predicted molar refractivity (Wildman–Crippen MR) is 198 cm³/mol. The standard InChI is InChI=1S/C43H25N3S/c1-4-14-29-25(10-1)13-9-18-32(29)40-42-41(33-17-7-8-19-36(33)47-42)45-43(44-40)46-34-22-20-26-11-2-5-15-30(26)38(34)39-35(46)23-21-28-24-27-12-3-6-16-31(27)37(28)39/h1-23H,24H2. The minimum absolute atomic E-state index is 0.700. The Labute approximate surface area is 274 Å². The topological polar surface area (TPSA) is 30.7 Å². The van der Waals surface area contributed by atoms with Crippen molar-refractivity contribution in [1.82, 2.24) is 14.5 Å². The molecule has 0 unspecified atom stereocenters. The van der Waals surface area contributed by atoms with Crippen LogP contribution in [0.1, 0.15) is 11.1 Å². The van der Waals surface area contributed by atoms with Crippen molar-refractivity contribution < 1.29 is 0 Å². The van der Waals surface area contributed by atoms with Crippen LogP contribution in [0.5, 0.6) is 0 Å². The van der Waals surface area contributed by atoms with Crippen LogP contribution in [0.15, 0.2) is 140 Å². The van der Waals surface area contributed by atoms with Crippen LogP contribution < -0.4 is 0 Å². The first-order chi connectivity index (χ1) is 23.3. The molecule has 11 rings (SSSR count). The molecule has 0 atom stereocenters. The molecule has 0 fully saturated rings. The lowest BCUT2D eigenvalue weighted by atomic mass is 9.96. The van der Waals surface area contributed by atoms with Crippen molar-refractivity contribution in [2.24, 2.45) is 0 Å². The largest absolute Gasteiger partial charge is 0.278 e. The molecule has 3 aromatic heterocycles. The minimum Gasteiger partial charge on any atom is -0.278 e. The van der Waals surface area contributed by atoms with E-state index in [1.54, 1.807) is 11.3 Å². The van der Waals surface area contributed by atoms with E-state index < -0.39 is 0 Å². The molecule has 0 N–H and O–H groups in total. The van der Waals surface area contributed by atoms with Crippen LogP contribution in [0.3, 0.4) is 0 Å². The molecule has 1 aliphatic rings. The molecule has 0 saturated carbocycles. The maximum Gasteiger partial charge on any atom is 0.235 e. The molecule has 0 radical (unpaired) electrons. The third-order valence-corrected chi connectivity index (χ3v) is 11.2. The molecular formula is C43H25N3S. The number of benzene rings is 7. The van der Waals surface area contributed by atoms with Gasteiger partial charge in [-0.2, -0.15) is 0 Å². The van der Waals surface area contributed by atoms with E-state index in [0.717, 1.165) is 38.9 Å². The van der Waals surface area contributed by atoms with Crippen LogP contribution in [0.25, 0.3) is 92.0 Å². The molecule has 4 heteroatoms. The van der Waals surface area contributed by atoms with Gasteiger partial charge in [-0.15, -0.1) is 11.3 Å². The Hall–Kier alpha value is -5.84. The number of hydrogen-bond acceptors (Lipinski definition) is 3. The molecular weight excluding hydrogens is 591 g/mol. The van der Waals surface area contributed by atoms with Gasteiger partial charge >= 0.3 is 0 Å². The number of thiophene rings is 1. The second kappa shape index (κ2) is 9.35. The third-order valence-electron chi connectivity index (χ3n) is 10.0. The average molecular weight is 616 g/mol. The Morgan fingerprint density at radius 3 is 2.11 bits per heavy atom. The SMILES string of the molecule is c1ccc2c(c1)Cc1ccc3c(c1-2)c1c2ccccc2ccc1n3-c1nc(-c2cccc3ccccc23)c2sc3ccccc3c2n1. The molecule has 0 saturated heterocycles. The van der Waals surface area contributed by atoms with Crippen molar-refractivity contribution in [1.29, 1.82) is 0 Å². The zero-order valence-corrected chi connectivity index (χ0v) is 26.1. The molecule has 3 heterocycles. The highest BCUT2D eigenvalue weighted by Crippen LogP contribution is 2.48. The molecule has 7 aromatic carbocycles. The third kappa shape index (κ3) is 3.45. The summed E-state index contributed by atoms with van der Waals surface area (Å²) in [6.45, 7) is 0. The van der Waals surface area contributed by atoms with E-state index in [-0.39, 0.29) is 0 Å². The van der Waals surface area contributed by atoms with E-state index >= 15 is 0 Å². The quantitative estimate of drug-likeness (QED) is 0.194. The van der Waals surface area contributed by atoms with E-state index in [4.69, 9.17) is 9.97 Å². The van der Waals surface area contributed by atoms with Gasteiger partial charge in [0.1, 0.15) is 0 Å². The normalized spacial score (nSPS) is 12.6. The maximum atomic E-state index is 5.54. The van der Waals surface area contributed by atoms with E-state index in [9.17, 15) is 0 Å². The zero-order chi connectivity index (χ0) is 30.6. The summed E-state index contributed by atoms with van der Waals surface area (Å²) >= 11 is 1.78. The van der Waals surface area contributed by atoms with Crippen molar-refractivity contribution in [3.05, 3.63) is 151 Å². The van der Waals surface area contributed by atoms with Crippen LogP contribution in [0.2, 0.25) is 0 Å². The van der Waals surface area contributed by atoms with Gasteiger partial charge in [-0.3, -0.25) is 4.57 Å². The van der Waals surface area contributed by atoms with E-state index in [2.05, 4.69) is 144 Å². The van der Waals surface area contributed by atoms with Crippen LogP contribution in [0.4, 0.5) is 0 Å². The Bertz CT molecular complexity index is 2940. The molecule has 0 bridgehead atoms. The summed E-state index contributed by atoms with van der Waals surface area (Å²) in [4.78, 5) is 11.0. The van der Waals surface area contributed by atoms with E-state index in [1.807, 2.05) is 0 Å². The van der Waals surface area contributed by atoms with Crippen molar-refractivity contribution in [2.45, 2.75) is 6.42 Å².